The first-order chi connectivity index (χ1) is 12.5. The topological polar surface area (TPSA) is 225 Å². The molecule has 0 fully saturated rings. The fraction of sp³-hybridized carbons (Fsp3) is 0.571. The van der Waals surface area contributed by atoms with Crippen LogP contribution in [0.1, 0.15) is 26.2 Å². The van der Waals surface area contributed by atoms with Gasteiger partial charge in [-0.15, -0.1) is 0 Å². The van der Waals surface area contributed by atoms with Gasteiger partial charge in [-0.05, 0) is 13.3 Å². The minimum absolute atomic E-state index is 0.385. The second kappa shape index (κ2) is 11.4. The number of carbonyl (C=O) groups excluding carboxylic acids is 3. The lowest BCUT2D eigenvalue weighted by Gasteiger charge is -2.22. The largest absolute Gasteiger partial charge is 0.481 e. The first-order valence-corrected chi connectivity index (χ1v) is 7.74. The Morgan fingerprint density at radius 2 is 1.41 bits per heavy atom. The van der Waals surface area contributed by atoms with E-state index in [1.807, 2.05) is 0 Å². The molecule has 0 radical (unpaired) electrons. The number of rotatable bonds is 12. The van der Waals surface area contributed by atoms with E-state index in [4.69, 9.17) is 21.1 Å². The van der Waals surface area contributed by atoms with Crippen LogP contribution >= 0.6 is 0 Å². The molecule has 0 saturated heterocycles. The van der Waals surface area contributed by atoms with Crippen LogP contribution in [0.15, 0.2) is 0 Å². The Hall–Kier alpha value is -3.22. The molecule has 0 aromatic heterocycles. The Balaban J connectivity index is 5.26. The van der Waals surface area contributed by atoms with E-state index in [2.05, 4.69) is 16.0 Å². The summed E-state index contributed by atoms with van der Waals surface area (Å²) in [4.78, 5) is 68.1. The van der Waals surface area contributed by atoms with E-state index in [1.54, 1.807) is 0 Å². The van der Waals surface area contributed by atoms with Gasteiger partial charge in [0.05, 0.1) is 13.0 Å². The van der Waals surface area contributed by atoms with Crippen LogP contribution < -0.4 is 21.7 Å². The molecule has 0 aliphatic carbocycles. The Labute approximate surface area is 153 Å². The third kappa shape index (κ3) is 9.74. The maximum atomic E-state index is 12.2. The van der Waals surface area contributed by atoms with Gasteiger partial charge in [-0.25, -0.2) is 0 Å². The Kier molecular flexibility index (Phi) is 10.0. The number of nitrogens with one attached hydrogen (secondary N) is 3. The van der Waals surface area contributed by atoms with Gasteiger partial charge in [-0.2, -0.15) is 0 Å². The minimum atomic E-state index is -1.56. The van der Waals surface area contributed by atoms with Crippen LogP contribution in [0.2, 0.25) is 0 Å². The second-order valence-corrected chi connectivity index (χ2v) is 5.48. The number of amides is 3. The second-order valence-electron chi connectivity index (χ2n) is 5.48. The molecule has 152 valence electrons. The molecular formula is C14H22N4O9. The van der Waals surface area contributed by atoms with Crippen molar-refractivity contribution in [1.29, 1.82) is 0 Å². The van der Waals surface area contributed by atoms with Crippen molar-refractivity contribution >= 4 is 35.6 Å². The number of carboxylic acid groups (broad SMARTS) is 3. The smallest absolute Gasteiger partial charge is 0.325 e. The number of carbonyl (C=O) groups is 6. The monoisotopic (exact) mass is 390 g/mol. The summed E-state index contributed by atoms with van der Waals surface area (Å²) >= 11 is 0. The Morgan fingerprint density at radius 3 is 1.85 bits per heavy atom. The summed E-state index contributed by atoms with van der Waals surface area (Å²) in [5.74, 6) is -6.90. The van der Waals surface area contributed by atoms with Crippen LogP contribution in [0.3, 0.4) is 0 Å². The molecule has 0 heterocycles. The highest BCUT2D eigenvalue weighted by molar-refractivity contribution is 5.95. The predicted octanol–water partition coefficient (Wildman–Crippen LogP) is -3.16. The van der Waals surface area contributed by atoms with Crippen LogP contribution in [0.25, 0.3) is 0 Å². The fourth-order valence-corrected chi connectivity index (χ4v) is 1.82. The maximum Gasteiger partial charge on any atom is 0.325 e. The molecule has 0 aromatic rings. The standard InChI is InChI=1S/C14H22N4O9/c1-6(14(26)27)16-12(24)7(2-3-10(20)21)18-13(25)8(4-11(22)23)17-9(19)5-15/h6-8H,2-5,15H2,1H3,(H,16,24)(H,17,19)(H,18,25)(H,20,21)(H,22,23)(H,26,27). The number of hydrogen-bond donors (Lipinski definition) is 7. The van der Waals surface area contributed by atoms with Crippen molar-refractivity contribution in [2.75, 3.05) is 6.54 Å². The van der Waals surface area contributed by atoms with Gasteiger partial charge in [0.25, 0.3) is 0 Å². The number of nitrogens with two attached hydrogens (primary N) is 1. The first-order valence-electron chi connectivity index (χ1n) is 7.74. The third-order valence-corrected chi connectivity index (χ3v) is 3.22. The first kappa shape index (κ1) is 23.8. The number of aliphatic carboxylic acids is 3. The van der Waals surface area contributed by atoms with Gasteiger partial charge in [0.1, 0.15) is 18.1 Å². The predicted molar refractivity (Wildman–Crippen MR) is 87.3 cm³/mol. The van der Waals surface area contributed by atoms with E-state index in [1.165, 1.54) is 0 Å². The SMILES string of the molecule is CC(NC(=O)C(CCC(=O)O)NC(=O)C(CC(=O)O)NC(=O)CN)C(=O)O. The van der Waals surface area contributed by atoms with Gasteiger partial charge in [0, 0.05) is 6.42 Å². The van der Waals surface area contributed by atoms with E-state index < -0.39 is 73.1 Å². The Morgan fingerprint density at radius 1 is 0.852 bits per heavy atom. The highest BCUT2D eigenvalue weighted by Gasteiger charge is 2.29. The van der Waals surface area contributed by atoms with Crippen molar-refractivity contribution in [2.24, 2.45) is 5.73 Å². The van der Waals surface area contributed by atoms with Crippen LogP contribution in [-0.4, -0.2) is 75.6 Å². The molecule has 3 atom stereocenters. The van der Waals surface area contributed by atoms with Crippen molar-refractivity contribution in [1.82, 2.24) is 16.0 Å². The van der Waals surface area contributed by atoms with Gasteiger partial charge in [-0.3, -0.25) is 28.8 Å². The van der Waals surface area contributed by atoms with Crippen molar-refractivity contribution in [3.63, 3.8) is 0 Å². The average Bonchev–Trinajstić information content (AvgIpc) is 2.56. The fourth-order valence-electron chi connectivity index (χ4n) is 1.82. The molecule has 0 aromatic carbocycles. The van der Waals surface area contributed by atoms with E-state index in [0.29, 0.717) is 0 Å². The molecule has 3 amide bonds. The van der Waals surface area contributed by atoms with Crippen molar-refractivity contribution in [2.45, 2.75) is 44.3 Å². The van der Waals surface area contributed by atoms with Crippen molar-refractivity contribution in [3.8, 4) is 0 Å². The summed E-state index contributed by atoms with van der Waals surface area (Å²) in [5, 5.41) is 32.6. The Bertz CT molecular complexity index is 607. The molecule has 13 nitrogen and oxygen atoms in total. The highest BCUT2D eigenvalue weighted by atomic mass is 16.4. The highest BCUT2D eigenvalue weighted by Crippen LogP contribution is 2.02. The lowest BCUT2D eigenvalue weighted by molar-refractivity contribution is -0.143. The zero-order chi connectivity index (χ0) is 21.1. The van der Waals surface area contributed by atoms with Crippen LogP contribution in [-0.2, 0) is 28.8 Å². The van der Waals surface area contributed by atoms with Crippen LogP contribution in [0, 0.1) is 0 Å². The molecule has 0 aliphatic heterocycles. The minimum Gasteiger partial charge on any atom is -0.481 e. The molecule has 13 heteroatoms. The zero-order valence-corrected chi connectivity index (χ0v) is 14.4. The van der Waals surface area contributed by atoms with Gasteiger partial charge in [0.15, 0.2) is 0 Å². The summed E-state index contributed by atoms with van der Waals surface area (Å²) in [6, 6.07) is -4.33. The molecule has 0 spiro atoms. The lowest BCUT2D eigenvalue weighted by atomic mass is 10.1. The molecule has 27 heavy (non-hydrogen) atoms. The van der Waals surface area contributed by atoms with E-state index in [0.717, 1.165) is 6.92 Å². The number of hydrogen-bond acceptors (Lipinski definition) is 7. The van der Waals surface area contributed by atoms with Crippen molar-refractivity contribution < 1.29 is 44.1 Å². The molecular weight excluding hydrogens is 368 g/mol. The van der Waals surface area contributed by atoms with Gasteiger partial charge in [-0.1, -0.05) is 0 Å². The summed E-state index contributed by atoms with van der Waals surface area (Å²) in [6.45, 7) is 0.646. The summed E-state index contributed by atoms with van der Waals surface area (Å²) in [7, 11) is 0. The average molecular weight is 390 g/mol. The summed E-state index contributed by atoms with van der Waals surface area (Å²) in [6.07, 6.45) is -1.72. The van der Waals surface area contributed by atoms with Crippen LogP contribution in [0.4, 0.5) is 0 Å². The van der Waals surface area contributed by atoms with Crippen LogP contribution in [0.5, 0.6) is 0 Å². The van der Waals surface area contributed by atoms with E-state index in [-0.39, 0.29) is 6.42 Å². The molecule has 0 saturated carbocycles. The quantitative estimate of drug-likeness (QED) is 0.177. The summed E-state index contributed by atoms with van der Waals surface area (Å²) in [5.41, 5.74) is 5.09. The molecule has 0 rings (SSSR count). The van der Waals surface area contributed by atoms with E-state index >= 15 is 0 Å². The number of carboxylic acids is 3. The van der Waals surface area contributed by atoms with E-state index in [9.17, 15) is 28.8 Å². The maximum absolute atomic E-state index is 12.2. The van der Waals surface area contributed by atoms with Gasteiger partial charge in [0.2, 0.25) is 17.7 Å². The molecule has 8 N–H and O–H groups in total. The molecule has 3 unspecified atom stereocenters. The van der Waals surface area contributed by atoms with Crippen molar-refractivity contribution in [3.05, 3.63) is 0 Å². The third-order valence-electron chi connectivity index (χ3n) is 3.22. The molecule has 0 bridgehead atoms. The lowest BCUT2D eigenvalue weighted by Crippen LogP contribution is -2.56. The molecule has 0 aliphatic rings. The normalized spacial score (nSPS) is 13.6. The van der Waals surface area contributed by atoms with Gasteiger partial charge >= 0.3 is 17.9 Å². The summed E-state index contributed by atoms with van der Waals surface area (Å²) < 4.78 is 0. The van der Waals surface area contributed by atoms with Gasteiger partial charge < -0.3 is 37.0 Å². The zero-order valence-electron chi connectivity index (χ0n) is 14.4.